The first-order valence-corrected chi connectivity index (χ1v) is 11.0. The van der Waals surface area contributed by atoms with Crippen LogP contribution in [0.25, 0.3) is 11.1 Å². The van der Waals surface area contributed by atoms with Crippen molar-refractivity contribution in [3.63, 3.8) is 0 Å². The first kappa shape index (κ1) is 19.4. The largest absolute Gasteiger partial charge is 0.457 e. The molecule has 0 amide bonds. The third-order valence-corrected chi connectivity index (χ3v) is 5.90. The molecule has 1 aliphatic rings. The van der Waals surface area contributed by atoms with Crippen molar-refractivity contribution in [2.75, 3.05) is 0 Å². The van der Waals surface area contributed by atoms with E-state index in [9.17, 15) is 0 Å². The maximum atomic E-state index is 6.26. The summed E-state index contributed by atoms with van der Waals surface area (Å²) in [5.41, 5.74) is 6.02. The molecule has 3 nitrogen and oxygen atoms in total. The van der Waals surface area contributed by atoms with E-state index >= 15 is 0 Å². The molecule has 0 saturated carbocycles. The first-order chi connectivity index (χ1) is 16.3. The van der Waals surface area contributed by atoms with E-state index < -0.39 is 0 Å². The monoisotopic (exact) mass is 425 g/mol. The minimum absolute atomic E-state index is 0.0914. The Balaban J connectivity index is 1.33. The standard InChI is InChI=1S/C29H20BNO2/c1-2-9-21(10-3-1)32-22-11-8-12-23(19-22)33-24-16-17-26-25-13-4-5-14-27(25)30(28(26)20-24)29-15-6-7-18-31-29/h1-20H. The molecule has 4 heteroatoms. The molecule has 0 fully saturated rings. The highest BCUT2D eigenvalue weighted by Crippen LogP contribution is 2.30. The number of benzene rings is 4. The van der Waals surface area contributed by atoms with Crippen molar-refractivity contribution in [1.82, 2.24) is 4.98 Å². The van der Waals surface area contributed by atoms with Crippen LogP contribution in [0.4, 0.5) is 0 Å². The van der Waals surface area contributed by atoms with Gasteiger partial charge in [0, 0.05) is 17.9 Å². The van der Waals surface area contributed by atoms with Gasteiger partial charge < -0.3 is 9.47 Å². The topological polar surface area (TPSA) is 31.4 Å². The van der Waals surface area contributed by atoms with Crippen LogP contribution in [0.3, 0.4) is 0 Å². The molecule has 4 aromatic carbocycles. The Morgan fingerprint density at radius 3 is 1.97 bits per heavy atom. The Kier molecular flexibility index (Phi) is 4.89. The summed E-state index contributed by atoms with van der Waals surface area (Å²) in [6.07, 6.45) is 1.86. The van der Waals surface area contributed by atoms with Gasteiger partial charge in [-0.25, -0.2) is 0 Å². The van der Waals surface area contributed by atoms with Gasteiger partial charge in [-0.3, -0.25) is 4.98 Å². The molecule has 0 atom stereocenters. The SMILES string of the molecule is c1ccc(Oc2cccc(Oc3ccc4c(c3)B(c3ccccn3)c3ccccc3-4)c2)cc1. The average molecular weight is 425 g/mol. The number of pyridine rings is 1. The molecule has 0 aliphatic carbocycles. The maximum Gasteiger partial charge on any atom is 0.266 e. The molecule has 5 aromatic rings. The highest BCUT2D eigenvalue weighted by Gasteiger charge is 2.34. The molecule has 33 heavy (non-hydrogen) atoms. The predicted molar refractivity (Wildman–Crippen MR) is 134 cm³/mol. The summed E-state index contributed by atoms with van der Waals surface area (Å²) in [7, 11) is 0. The molecule has 6 rings (SSSR count). The zero-order chi connectivity index (χ0) is 22.0. The van der Waals surface area contributed by atoms with Crippen LogP contribution in [0.2, 0.25) is 0 Å². The molecule has 0 spiro atoms. The minimum Gasteiger partial charge on any atom is -0.457 e. The lowest BCUT2D eigenvalue weighted by Gasteiger charge is -2.12. The van der Waals surface area contributed by atoms with Crippen LogP contribution in [-0.4, -0.2) is 11.7 Å². The third kappa shape index (κ3) is 3.76. The lowest BCUT2D eigenvalue weighted by atomic mass is 9.40. The van der Waals surface area contributed by atoms with Gasteiger partial charge in [0.1, 0.15) is 23.0 Å². The summed E-state index contributed by atoms with van der Waals surface area (Å²) >= 11 is 0. The summed E-state index contributed by atoms with van der Waals surface area (Å²) < 4.78 is 12.2. The predicted octanol–water partition coefficient (Wildman–Crippen LogP) is 5.16. The van der Waals surface area contributed by atoms with Crippen molar-refractivity contribution in [1.29, 1.82) is 0 Å². The Labute approximate surface area is 193 Å². The van der Waals surface area contributed by atoms with E-state index in [4.69, 9.17) is 9.47 Å². The van der Waals surface area contributed by atoms with Gasteiger partial charge in [-0.05, 0) is 59.7 Å². The second kappa shape index (κ2) is 8.32. The summed E-state index contributed by atoms with van der Waals surface area (Å²) in [5, 5.41) is 0. The van der Waals surface area contributed by atoms with Gasteiger partial charge in [-0.2, -0.15) is 0 Å². The summed E-state index contributed by atoms with van der Waals surface area (Å²) in [6.45, 7) is 0.0914. The van der Waals surface area contributed by atoms with Crippen LogP contribution >= 0.6 is 0 Å². The fourth-order valence-electron chi connectivity index (χ4n) is 4.48. The molecule has 0 radical (unpaired) electrons. The lowest BCUT2D eigenvalue weighted by Crippen LogP contribution is -2.50. The molecule has 1 aromatic heterocycles. The lowest BCUT2D eigenvalue weighted by molar-refractivity contribution is 0.460. The molecule has 156 valence electrons. The maximum absolute atomic E-state index is 6.26. The van der Waals surface area contributed by atoms with E-state index in [2.05, 4.69) is 47.4 Å². The Bertz CT molecular complexity index is 1420. The summed E-state index contributed by atoms with van der Waals surface area (Å²) in [5.74, 6) is 3.05. The van der Waals surface area contributed by atoms with Crippen molar-refractivity contribution in [2.45, 2.75) is 0 Å². The van der Waals surface area contributed by atoms with Crippen LogP contribution < -0.4 is 26.0 Å². The van der Waals surface area contributed by atoms with Crippen LogP contribution in [0, 0.1) is 0 Å². The van der Waals surface area contributed by atoms with Crippen LogP contribution in [-0.2, 0) is 0 Å². The van der Waals surface area contributed by atoms with E-state index in [0.717, 1.165) is 28.6 Å². The van der Waals surface area contributed by atoms with Crippen LogP contribution in [0.15, 0.2) is 121 Å². The first-order valence-electron chi connectivity index (χ1n) is 11.0. The second-order valence-electron chi connectivity index (χ2n) is 8.02. The number of nitrogens with zero attached hydrogens (tertiary/aromatic N) is 1. The smallest absolute Gasteiger partial charge is 0.266 e. The highest BCUT2D eigenvalue weighted by atomic mass is 16.5. The van der Waals surface area contributed by atoms with E-state index in [1.54, 1.807) is 0 Å². The number of aromatic nitrogens is 1. The molecular weight excluding hydrogens is 405 g/mol. The van der Waals surface area contributed by atoms with Crippen molar-refractivity contribution in [3.05, 3.63) is 121 Å². The number of hydrogen-bond donors (Lipinski definition) is 0. The molecule has 1 aliphatic heterocycles. The molecular formula is C29H20BNO2. The van der Waals surface area contributed by atoms with Crippen LogP contribution in [0.5, 0.6) is 23.0 Å². The quantitative estimate of drug-likeness (QED) is 0.358. The van der Waals surface area contributed by atoms with Gasteiger partial charge in [-0.1, -0.05) is 71.6 Å². The van der Waals surface area contributed by atoms with Gasteiger partial charge in [0.25, 0.3) is 6.71 Å². The Morgan fingerprint density at radius 1 is 0.485 bits per heavy atom. The van der Waals surface area contributed by atoms with Gasteiger partial charge >= 0.3 is 0 Å². The molecule has 0 bridgehead atoms. The van der Waals surface area contributed by atoms with Gasteiger partial charge in [0.2, 0.25) is 0 Å². The Morgan fingerprint density at radius 2 is 1.15 bits per heavy atom. The summed E-state index contributed by atoms with van der Waals surface area (Å²) in [4.78, 5) is 4.67. The highest BCUT2D eigenvalue weighted by molar-refractivity contribution is 6.98. The summed E-state index contributed by atoms with van der Waals surface area (Å²) in [6, 6.07) is 38.4. The zero-order valence-electron chi connectivity index (χ0n) is 17.9. The molecule has 0 unspecified atom stereocenters. The number of rotatable bonds is 5. The van der Waals surface area contributed by atoms with Gasteiger partial charge in [-0.15, -0.1) is 0 Å². The van der Waals surface area contributed by atoms with E-state index in [-0.39, 0.29) is 6.71 Å². The molecule has 0 N–H and O–H groups in total. The molecule has 2 heterocycles. The molecule has 0 saturated heterocycles. The van der Waals surface area contributed by atoms with Crippen molar-refractivity contribution < 1.29 is 9.47 Å². The zero-order valence-corrected chi connectivity index (χ0v) is 17.9. The van der Waals surface area contributed by atoms with Crippen molar-refractivity contribution >= 4 is 23.2 Å². The van der Waals surface area contributed by atoms with Gasteiger partial charge in [0.05, 0.1) is 0 Å². The number of ether oxygens (including phenoxy) is 2. The minimum atomic E-state index is 0.0914. The van der Waals surface area contributed by atoms with Crippen molar-refractivity contribution in [2.24, 2.45) is 0 Å². The van der Waals surface area contributed by atoms with Crippen LogP contribution in [0.1, 0.15) is 0 Å². The number of fused-ring (bicyclic) bond motifs is 3. The average Bonchev–Trinajstić information content (AvgIpc) is 3.19. The van der Waals surface area contributed by atoms with Crippen molar-refractivity contribution in [3.8, 4) is 34.1 Å². The van der Waals surface area contributed by atoms with E-state index in [1.165, 1.54) is 22.1 Å². The normalized spacial score (nSPS) is 11.6. The fourth-order valence-corrected chi connectivity index (χ4v) is 4.48. The third-order valence-electron chi connectivity index (χ3n) is 5.90. The Hall–Kier alpha value is -4.31. The van der Waals surface area contributed by atoms with Gasteiger partial charge in [0.15, 0.2) is 0 Å². The van der Waals surface area contributed by atoms with E-state index in [1.807, 2.05) is 79.0 Å². The number of para-hydroxylation sites is 1. The fraction of sp³-hybridized carbons (Fsp3) is 0. The number of hydrogen-bond acceptors (Lipinski definition) is 3. The second-order valence-corrected chi connectivity index (χ2v) is 8.02. The van der Waals surface area contributed by atoms with E-state index in [0.29, 0.717) is 0 Å².